The number of hydrogen-bond acceptors (Lipinski definition) is 7. The highest BCUT2D eigenvalue weighted by atomic mass is 35.5. The third kappa shape index (κ3) is 5.45. The van der Waals surface area contributed by atoms with Gasteiger partial charge < -0.3 is 18.5 Å². The maximum absolute atomic E-state index is 14.7. The lowest BCUT2D eigenvalue weighted by molar-refractivity contribution is -0.0591. The van der Waals surface area contributed by atoms with Crippen LogP contribution in [0.3, 0.4) is 0 Å². The van der Waals surface area contributed by atoms with Gasteiger partial charge in [0.2, 0.25) is 11.6 Å². The van der Waals surface area contributed by atoms with E-state index < -0.39 is 11.6 Å². The minimum Gasteiger partial charge on any atom is -0.473 e. The van der Waals surface area contributed by atoms with Gasteiger partial charge in [0, 0.05) is 42.4 Å². The predicted octanol–water partition coefficient (Wildman–Crippen LogP) is 5.43. The average molecular weight is 555 g/mol. The minimum absolute atomic E-state index is 0.0519. The van der Waals surface area contributed by atoms with E-state index >= 15 is 0 Å². The Labute approximate surface area is 227 Å². The molecular formula is C28H25ClF2N4O4. The smallest absolute Gasteiger partial charge is 0.245 e. The molecule has 202 valence electrons. The van der Waals surface area contributed by atoms with Crippen LogP contribution in [-0.4, -0.2) is 51.5 Å². The van der Waals surface area contributed by atoms with Crippen molar-refractivity contribution in [3.05, 3.63) is 82.0 Å². The van der Waals surface area contributed by atoms with Crippen LogP contribution in [0.5, 0.6) is 5.88 Å². The van der Waals surface area contributed by atoms with E-state index in [1.54, 1.807) is 18.2 Å². The van der Waals surface area contributed by atoms with Gasteiger partial charge in [0.15, 0.2) is 12.0 Å². The summed E-state index contributed by atoms with van der Waals surface area (Å²) >= 11 is 5.80. The van der Waals surface area contributed by atoms with E-state index in [2.05, 4.69) is 19.4 Å². The number of aldehydes is 1. The highest BCUT2D eigenvalue weighted by Crippen LogP contribution is 2.28. The second kappa shape index (κ2) is 10.9. The maximum Gasteiger partial charge on any atom is 0.245 e. The highest BCUT2D eigenvalue weighted by Gasteiger charge is 2.25. The zero-order chi connectivity index (χ0) is 26.9. The molecule has 2 aliphatic heterocycles. The minimum atomic E-state index is -0.474. The summed E-state index contributed by atoms with van der Waals surface area (Å²) in [5.41, 5.74) is 2.54. The van der Waals surface area contributed by atoms with E-state index in [1.165, 1.54) is 18.2 Å². The number of benzene rings is 1. The molecule has 2 aliphatic rings. The predicted molar refractivity (Wildman–Crippen MR) is 140 cm³/mol. The van der Waals surface area contributed by atoms with Gasteiger partial charge in [-0.05, 0) is 36.6 Å². The van der Waals surface area contributed by atoms with Crippen molar-refractivity contribution in [3.63, 3.8) is 0 Å². The molecular weight excluding hydrogens is 530 g/mol. The zero-order valence-electron chi connectivity index (χ0n) is 20.9. The SMILES string of the molecule is O=Cc1cc2c(nc(CN3CC=C(c4nc(OCc5ccc(Cl)cc5F)ccc4F)CC3)n2CC2CCO2)o1. The molecule has 0 aliphatic carbocycles. The summed E-state index contributed by atoms with van der Waals surface area (Å²) < 4.78 is 47.7. The fourth-order valence-electron chi connectivity index (χ4n) is 4.78. The van der Waals surface area contributed by atoms with Crippen molar-refractivity contribution in [1.82, 2.24) is 19.4 Å². The molecule has 3 aromatic heterocycles. The molecule has 0 radical (unpaired) electrons. The van der Waals surface area contributed by atoms with Gasteiger partial charge >= 0.3 is 0 Å². The number of rotatable bonds is 9. The van der Waals surface area contributed by atoms with Crippen molar-refractivity contribution in [2.24, 2.45) is 0 Å². The number of hydrogen-bond donors (Lipinski definition) is 0. The normalized spacial score (nSPS) is 17.7. The Bertz CT molecular complexity index is 1560. The first-order valence-electron chi connectivity index (χ1n) is 12.7. The molecule has 1 unspecified atom stereocenters. The van der Waals surface area contributed by atoms with Crippen LogP contribution in [0.1, 0.15) is 40.5 Å². The van der Waals surface area contributed by atoms with Gasteiger partial charge in [0.05, 0.1) is 19.2 Å². The third-order valence-corrected chi connectivity index (χ3v) is 7.25. The summed E-state index contributed by atoms with van der Waals surface area (Å²) in [5.74, 6) is 0.357. The number of pyridine rings is 1. The Hall–Kier alpha value is -3.60. The van der Waals surface area contributed by atoms with E-state index in [9.17, 15) is 13.6 Å². The zero-order valence-corrected chi connectivity index (χ0v) is 21.7. The number of fused-ring (bicyclic) bond motifs is 1. The first-order valence-corrected chi connectivity index (χ1v) is 13.1. The topological polar surface area (TPSA) is 82.6 Å². The molecule has 4 aromatic rings. The molecule has 11 heteroatoms. The molecule has 6 rings (SSSR count). The van der Waals surface area contributed by atoms with Crippen LogP contribution in [0.2, 0.25) is 5.02 Å². The van der Waals surface area contributed by atoms with Gasteiger partial charge in [-0.25, -0.2) is 13.8 Å². The van der Waals surface area contributed by atoms with Gasteiger partial charge in [0.1, 0.15) is 35.3 Å². The average Bonchev–Trinajstić information content (AvgIpc) is 3.44. The Morgan fingerprint density at radius 2 is 2.03 bits per heavy atom. The first-order chi connectivity index (χ1) is 19.0. The molecule has 0 N–H and O–H groups in total. The number of aromatic nitrogens is 3. The number of halogens is 3. The number of carbonyl (C=O) groups is 1. The lowest BCUT2D eigenvalue weighted by atomic mass is 10.0. The Balaban J connectivity index is 1.15. The van der Waals surface area contributed by atoms with Gasteiger partial charge in [-0.2, -0.15) is 4.98 Å². The molecule has 0 amide bonds. The van der Waals surface area contributed by atoms with Crippen molar-refractivity contribution >= 4 is 34.7 Å². The van der Waals surface area contributed by atoms with E-state index in [0.29, 0.717) is 55.2 Å². The summed E-state index contributed by atoms with van der Waals surface area (Å²) in [6.07, 6.45) is 4.30. The number of ether oxygens (including phenoxy) is 2. The van der Waals surface area contributed by atoms with E-state index in [0.717, 1.165) is 29.9 Å². The quantitative estimate of drug-likeness (QED) is 0.255. The lowest BCUT2D eigenvalue weighted by Crippen LogP contribution is -2.33. The van der Waals surface area contributed by atoms with Crippen molar-refractivity contribution in [3.8, 4) is 5.88 Å². The molecule has 0 bridgehead atoms. The monoisotopic (exact) mass is 554 g/mol. The van der Waals surface area contributed by atoms with Gasteiger partial charge in [-0.1, -0.05) is 23.7 Å². The van der Waals surface area contributed by atoms with Gasteiger partial charge in [-0.15, -0.1) is 0 Å². The van der Waals surface area contributed by atoms with Crippen molar-refractivity contribution < 1.29 is 27.5 Å². The van der Waals surface area contributed by atoms with Crippen molar-refractivity contribution in [1.29, 1.82) is 0 Å². The fraction of sp³-hybridized carbons (Fsp3) is 0.321. The Morgan fingerprint density at radius 1 is 1.15 bits per heavy atom. The summed E-state index contributed by atoms with van der Waals surface area (Å²) in [4.78, 5) is 22.4. The third-order valence-electron chi connectivity index (χ3n) is 7.01. The summed E-state index contributed by atoms with van der Waals surface area (Å²) in [6.45, 7) is 3.14. The molecule has 8 nitrogen and oxygen atoms in total. The summed E-state index contributed by atoms with van der Waals surface area (Å²) in [6, 6.07) is 8.79. The Kier molecular flexibility index (Phi) is 7.16. The van der Waals surface area contributed by atoms with E-state index in [-0.39, 0.29) is 30.0 Å². The molecule has 0 spiro atoms. The fourth-order valence-corrected chi connectivity index (χ4v) is 4.94. The van der Waals surface area contributed by atoms with Crippen molar-refractivity contribution in [2.45, 2.75) is 38.6 Å². The molecule has 39 heavy (non-hydrogen) atoms. The van der Waals surface area contributed by atoms with Gasteiger partial charge in [-0.3, -0.25) is 9.69 Å². The highest BCUT2D eigenvalue weighted by molar-refractivity contribution is 6.30. The second-order valence-corrected chi connectivity index (χ2v) is 10.0. The largest absolute Gasteiger partial charge is 0.473 e. The molecule has 0 saturated carbocycles. The van der Waals surface area contributed by atoms with Crippen LogP contribution < -0.4 is 4.74 Å². The maximum atomic E-state index is 14.7. The van der Waals surface area contributed by atoms with Crippen LogP contribution in [0.4, 0.5) is 8.78 Å². The molecule has 1 atom stereocenters. The molecule has 1 aromatic carbocycles. The summed E-state index contributed by atoms with van der Waals surface area (Å²) in [5, 5.41) is 0.300. The molecule has 1 saturated heterocycles. The standard InChI is InChI=1S/C28H25ClF2N4O4/c29-19-2-1-18(23(31)11-19)16-38-26-4-3-22(30)27(33-26)17-5-8-34(9-6-17)14-25-32-28-24(12-21(15-36)39-28)35(25)13-20-7-10-37-20/h1-5,11-12,15,20H,6-10,13-14,16H2. The second-order valence-electron chi connectivity index (χ2n) is 9.60. The number of imidazole rings is 1. The number of furan rings is 1. The van der Waals surface area contributed by atoms with Crippen LogP contribution >= 0.6 is 11.6 Å². The van der Waals surface area contributed by atoms with Crippen LogP contribution in [0, 0.1) is 11.6 Å². The Morgan fingerprint density at radius 3 is 2.74 bits per heavy atom. The van der Waals surface area contributed by atoms with Crippen LogP contribution in [0.15, 0.2) is 46.9 Å². The van der Waals surface area contributed by atoms with Gasteiger partial charge in [0.25, 0.3) is 0 Å². The van der Waals surface area contributed by atoms with Crippen LogP contribution in [-0.2, 0) is 24.4 Å². The molecule has 5 heterocycles. The number of carbonyl (C=O) groups excluding carboxylic acids is 1. The van der Waals surface area contributed by atoms with E-state index in [4.69, 9.17) is 25.5 Å². The van der Waals surface area contributed by atoms with Crippen LogP contribution in [0.25, 0.3) is 16.8 Å². The lowest BCUT2D eigenvalue weighted by Gasteiger charge is -2.29. The summed E-state index contributed by atoms with van der Waals surface area (Å²) in [7, 11) is 0. The number of nitrogens with zero attached hydrogens (tertiary/aromatic N) is 4. The first kappa shape index (κ1) is 25.7. The van der Waals surface area contributed by atoms with Crippen molar-refractivity contribution in [2.75, 3.05) is 19.7 Å². The molecule has 1 fully saturated rings. The van der Waals surface area contributed by atoms with E-state index in [1.807, 2.05) is 6.08 Å².